The number of likely N-dealkylation sites (N-methyl/N-ethyl adjacent to an activating group) is 1. The SMILES string of the molecule is Cc1cnn(CCCNC(=O)CN2CC[C@@H](N(C)C)C2)c1. The molecular weight excluding hydrogens is 266 g/mol. The number of aromatic nitrogens is 2. The van der Waals surface area contributed by atoms with Crippen LogP contribution in [0.25, 0.3) is 0 Å². The molecule has 0 aromatic carbocycles. The number of rotatable bonds is 7. The second kappa shape index (κ2) is 7.56. The molecule has 1 fully saturated rings. The first-order valence-electron chi connectivity index (χ1n) is 7.69. The highest BCUT2D eigenvalue weighted by molar-refractivity contribution is 5.78. The third kappa shape index (κ3) is 5.13. The Bertz CT molecular complexity index is 457. The van der Waals surface area contributed by atoms with E-state index >= 15 is 0 Å². The molecule has 1 aromatic rings. The van der Waals surface area contributed by atoms with Gasteiger partial charge >= 0.3 is 0 Å². The van der Waals surface area contributed by atoms with Crippen LogP contribution in [0.15, 0.2) is 12.4 Å². The third-order valence-corrected chi connectivity index (χ3v) is 3.99. The molecule has 0 bridgehead atoms. The van der Waals surface area contributed by atoms with E-state index in [-0.39, 0.29) is 5.91 Å². The van der Waals surface area contributed by atoms with E-state index in [9.17, 15) is 4.79 Å². The molecule has 6 heteroatoms. The summed E-state index contributed by atoms with van der Waals surface area (Å²) in [7, 11) is 4.20. The summed E-state index contributed by atoms with van der Waals surface area (Å²) in [6.07, 6.45) is 5.94. The monoisotopic (exact) mass is 293 g/mol. The first-order chi connectivity index (χ1) is 10.0. The van der Waals surface area contributed by atoms with Crippen molar-refractivity contribution in [2.24, 2.45) is 0 Å². The number of amides is 1. The molecule has 0 radical (unpaired) electrons. The molecule has 0 aliphatic carbocycles. The van der Waals surface area contributed by atoms with Crippen LogP contribution in [0, 0.1) is 6.92 Å². The van der Waals surface area contributed by atoms with E-state index in [1.807, 2.05) is 24.0 Å². The van der Waals surface area contributed by atoms with Gasteiger partial charge in [0.15, 0.2) is 0 Å². The lowest BCUT2D eigenvalue weighted by molar-refractivity contribution is -0.122. The molecule has 1 saturated heterocycles. The number of nitrogens with zero attached hydrogens (tertiary/aromatic N) is 4. The van der Waals surface area contributed by atoms with Crippen molar-refractivity contribution in [1.82, 2.24) is 24.9 Å². The number of nitrogens with one attached hydrogen (secondary N) is 1. The Morgan fingerprint density at radius 3 is 2.95 bits per heavy atom. The van der Waals surface area contributed by atoms with Crippen LogP contribution >= 0.6 is 0 Å². The average Bonchev–Trinajstić information content (AvgIpc) is 3.04. The quantitative estimate of drug-likeness (QED) is 0.736. The summed E-state index contributed by atoms with van der Waals surface area (Å²) in [6, 6.07) is 0.584. The zero-order valence-corrected chi connectivity index (χ0v) is 13.4. The summed E-state index contributed by atoms with van der Waals surface area (Å²) in [5.41, 5.74) is 1.17. The molecule has 1 aromatic heterocycles. The molecule has 2 heterocycles. The van der Waals surface area contributed by atoms with E-state index in [0.29, 0.717) is 19.1 Å². The molecule has 1 N–H and O–H groups in total. The molecule has 0 saturated carbocycles. The maximum absolute atomic E-state index is 11.9. The Hall–Kier alpha value is -1.40. The smallest absolute Gasteiger partial charge is 0.234 e. The van der Waals surface area contributed by atoms with Gasteiger partial charge in [-0.2, -0.15) is 5.10 Å². The average molecular weight is 293 g/mol. The van der Waals surface area contributed by atoms with Crippen molar-refractivity contribution in [3.05, 3.63) is 18.0 Å². The molecule has 118 valence electrons. The van der Waals surface area contributed by atoms with Crippen LogP contribution in [0.1, 0.15) is 18.4 Å². The Morgan fingerprint density at radius 2 is 2.33 bits per heavy atom. The maximum Gasteiger partial charge on any atom is 0.234 e. The Morgan fingerprint density at radius 1 is 1.52 bits per heavy atom. The van der Waals surface area contributed by atoms with Crippen molar-refractivity contribution in [3.63, 3.8) is 0 Å². The van der Waals surface area contributed by atoms with Crippen LogP contribution < -0.4 is 5.32 Å². The van der Waals surface area contributed by atoms with Crippen LogP contribution in [0.5, 0.6) is 0 Å². The molecule has 1 atom stereocenters. The second-order valence-corrected chi connectivity index (χ2v) is 6.13. The van der Waals surface area contributed by atoms with Crippen LogP contribution in [-0.2, 0) is 11.3 Å². The summed E-state index contributed by atoms with van der Waals surface area (Å²) >= 11 is 0. The second-order valence-electron chi connectivity index (χ2n) is 6.13. The first kappa shape index (κ1) is 16.0. The van der Waals surface area contributed by atoms with Gasteiger partial charge in [0.05, 0.1) is 12.7 Å². The summed E-state index contributed by atoms with van der Waals surface area (Å²) in [6.45, 7) is 6.12. The molecule has 1 aliphatic rings. The highest BCUT2D eigenvalue weighted by Crippen LogP contribution is 2.12. The van der Waals surface area contributed by atoms with Crippen molar-refractivity contribution in [1.29, 1.82) is 0 Å². The predicted molar refractivity (Wildman–Crippen MR) is 83.1 cm³/mol. The van der Waals surface area contributed by atoms with Crippen molar-refractivity contribution >= 4 is 5.91 Å². The molecule has 1 aliphatic heterocycles. The van der Waals surface area contributed by atoms with Gasteiger partial charge in [0.25, 0.3) is 0 Å². The normalized spacial score (nSPS) is 19.3. The van der Waals surface area contributed by atoms with E-state index in [2.05, 4.69) is 34.3 Å². The van der Waals surface area contributed by atoms with E-state index < -0.39 is 0 Å². The zero-order valence-electron chi connectivity index (χ0n) is 13.4. The van der Waals surface area contributed by atoms with E-state index in [0.717, 1.165) is 32.5 Å². The van der Waals surface area contributed by atoms with Gasteiger partial charge in [-0.15, -0.1) is 0 Å². The molecular formula is C15H27N5O. The van der Waals surface area contributed by atoms with Crippen LogP contribution in [0.2, 0.25) is 0 Å². The van der Waals surface area contributed by atoms with Gasteiger partial charge in [-0.05, 0) is 39.4 Å². The fourth-order valence-electron chi connectivity index (χ4n) is 2.69. The number of carbonyl (C=O) groups excluding carboxylic acids is 1. The van der Waals surface area contributed by atoms with Gasteiger partial charge in [-0.25, -0.2) is 0 Å². The summed E-state index contributed by atoms with van der Waals surface area (Å²) in [5.74, 6) is 0.131. The van der Waals surface area contributed by atoms with Crippen LogP contribution in [0.4, 0.5) is 0 Å². The van der Waals surface area contributed by atoms with Crippen molar-refractivity contribution in [3.8, 4) is 0 Å². The molecule has 21 heavy (non-hydrogen) atoms. The number of hydrogen-bond acceptors (Lipinski definition) is 4. The lowest BCUT2D eigenvalue weighted by Crippen LogP contribution is -2.38. The Balaban J connectivity index is 1.58. The van der Waals surface area contributed by atoms with Gasteiger partial charge in [0, 0.05) is 38.4 Å². The lowest BCUT2D eigenvalue weighted by atomic mass is 10.2. The molecule has 0 unspecified atom stereocenters. The van der Waals surface area contributed by atoms with E-state index in [1.54, 1.807) is 0 Å². The molecule has 0 spiro atoms. The zero-order chi connectivity index (χ0) is 15.2. The summed E-state index contributed by atoms with van der Waals surface area (Å²) in [4.78, 5) is 16.4. The third-order valence-electron chi connectivity index (χ3n) is 3.99. The van der Waals surface area contributed by atoms with Gasteiger partial charge < -0.3 is 10.2 Å². The first-order valence-corrected chi connectivity index (χ1v) is 7.69. The van der Waals surface area contributed by atoms with Crippen molar-refractivity contribution < 1.29 is 4.79 Å². The topological polar surface area (TPSA) is 53.4 Å². The number of aryl methyl sites for hydroxylation is 2. The Labute approximate surface area is 127 Å². The van der Waals surface area contributed by atoms with Gasteiger partial charge in [0.1, 0.15) is 0 Å². The Kier molecular flexibility index (Phi) is 5.76. The lowest BCUT2D eigenvalue weighted by Gasteiger charge is -2.20. The largest absolute Gasteiger partial charge is 0.355 e. The number of hydrogen-bond donors (Lipinski definition) is 1. The minimum absolute atomic E-state index is 0.131. The minimum atomic E-state index is 0.131. The summed E-state index contributed by atoms with van der Waals surface area (Å²) in [5, 5.41) is 7.23. The van der Waals surface area contributed by atoms with Crippen LogP contribution in [0.3, 0.4) is 0 Å². The standard InChI is InChI=1S/C15H27N5O/c1-13-9-17-20(10-13)7-4-6-16-15(21)12-19-8-5-14(11-19)18(2)3/h9-10,14H,4-8,11-12H2,1-3H3,(H,16,21)/t14-/m1/s1. The van der Waals surface area contributed by atoms with Crippen molar-refractivity contribution in [2.75, 3.05) is 40.3 Å². The van der Waals surface area contributed by atoms with Gasteiger partial charge in [0.2, 0.25) is 5.91 Å². The van der Waals surface area contributed by atoms with Crippen LogP contribution in [-0.4, -0.2) is 71.8 Å². The highest BCUT2D eigenvalue weighted by atomic mass is 16.2. The number of likely N-dealkylation sites (tertiary alicyclic amines) is 1. The fourth-order valence-corrected chi connectivity index (χ4v) is 2.69. The maximum atomic E-state index is 11.9. The molecule has 2 rings (SSSR count). The minimum Gasteiger partial charge on any atom is -0.355 e. The fraction of sp³-hybridized carbons (Fsp3) is 0.733. The van der Waals surface area contributed by atoms with E-state index in [1.165, 1.54) is 5.56 Å². The molecule has 6 nitrogen and oxygen atoms in total. The van der Waals surface area contributed by atoms with Gasteiger partial charge in [-0.1, -0.05) is 0 Å². The number of carbonyl (C=O) groups is 1. The van der Waals surface area contributed by atoms with Crippen molar-refractivity contribution in [2.45, 2.75) is 32.4 Å². The highest BCUT2D eigenvalue weighted by Gasteiger charge is 2.24. The summed E-state index contributed by atoms with van der Waals surface area (Å²) < 4.78 is 1.92. The van der Waals surface area contributed by atoms with E-state index in [4.69, 9.17) is 0 Å². The molecule has 1 amide bonds. The predicted octanol–water partition coefficient (Wildman–Crippen LogP) is 0.334. The van der Waals surface area contributed by atoms with Gasteiger partial charge in [-0.3, -0.25) is 14.4 Å².